The van der Waals surface area contributed by atoms with Crippen LogP contribution < -0.4 is 0 Å². The van der Waals surface area contributed by atoms with Crippen molar-refractivity contribution in [2.45, 2.75) is 19.3 Å². The molecule has 0 bridgehead atoms. The van der Waals surface area contributed by atoms with Crippen molar-refractivity contribution < 1.29 is 0 Å². The Morgan fingerprint density at radius 2 is 0.787 bits per heavy atom. The summed E-state index contributed by atoms with van der Waals surface area (Å²) < 4.78 is 0. The molecule has 0 saturated heterocycles. The molecule has 0 saturated carbocycles. The molecular formula is C60H43N. The molecule has 1 nitrogen and oxygen atoms in total. The molecule has 1 aromatic heterocycles. The van der Waals surface area contributed by atoms with Crippen LogP contribution in [0, 0.1) is 0 Å². The number of fused-ring (bicyclic) bond motifs is 4. The van der Waals surface area contributed by atoms with E-state index in [9.17, 15) is 0 Å². The van der Waals surface area contributed by atoms with Gasteiger partial charge in [-0.1, -0.05) is 202 Å². The summed E-state index contributed by atoms with van der Waals surface area (Å²) in [5.74, 6) is 0. The highest BCUT2D eigenvalue weighted by molar-refractivity contribution is 6.03. The van der Waals surface area contributed by atoms with E-state index in [2.05, 4.69) is 238 Å². The topological polar surface area (TPSA) is 12.9 Å². The van der Waals surface area contributed by atoms with Gasteiger partial charge in [-0.05, 0) is 125 Å². The lowest BCUT2D eigenvalue weighted by molar-refractivity contribution is 0.660. The summed E-state index contributed by atoms with van der Waals surface area (Å²) in [6.07, 6.45) is 0. The molecule has 1 aliphatic rings. The van der Waals surface area contributed by atoms with Crippen molar-refractivity contribution in [3.63, 3.8) is 0 Å². The number of nitrogens with zero attached hydrogens (tertiary/aromatic N) is 1. The van der Waals surface area contributed by atoms with Crippen LogP contribution in [0.4, 0.5) is 0 Å². The van der Waals surface area contributed by atoms with E-state index in [-0.39, 0.29) is 5.41 Å². The quantitative estimate of drug-likeness (QED) is 0.157. The van der Waals surface area contributed by atoms with Gasteiger partial charge in [-0.3, -0.25) is 0 Å². The molecular weight excluding hydrogens is 735 g/mol. The Bertz CT molecular complexity index is 3240. The summed E-state index contributed by atoms with van der Waals surface area (Å²) in [7, 11) is 0. The minimum Gasteiger partial charge on any atom is -0.248 e. The Labute approximate surface area is 358 Å². The van der Waals surface area contributed by atoms with Gasteiger partial charge in [0.25, 0.3) is 0 Å². The fraction of sp³-hybridized carbons (Fsp3) is 0.0500. The largest absolute Gasteiger partial charge is 0.248 e. The average Bonchev–Trinajstić information content (AvgIpc) is 3.56. The predicted molar refractivity (Wildman–Crippen MR) is 257 cm³/mol. The van der Waals surface area contributed by atoms with Gasteiger partial charge in [-0.25, -0.2) is 4.98 Å². The molecule has 0 N–H and O–H groups in total. The molecule has 1 aliphatic carbocycles. The first-order valence-corrected chi connectivity index (χ1v) is 21.2. The Morgan fingerprint density at radius 3 is 1.54 bits per heavy atom. The lowest BCUT2D eigenvalue weighted by Crippen LogP contribution is -2.15. The first kappa shape index (κ1) is 36.5. The van der Waals surface area contributed by atoms with Crippen LogP contribution in [0.25, 0.3) is 100 Å². The molecule has 9 aromatic carbocycles. The van der Waals surface area contributed by atoms with Crippen LogP contribution in [-0.4, -0.2) is 4.98 Å². The predicted octanol–water partition coefficient (Wildman–Crippen LogP) is 16.2. The molecule has 0 radical (unpaired) electrons. The van der Waals surface area contributed by atoms with Gasteiger partial charge >= 0.3 is 0 Å². The van der Waals surface area contributed by atoms with Crippen molar-refractivity contribution in [1.82, 2.24) is 4.98 Å². The number of pyridine rings is 1. The lowest BCUT2D eigenvalue weighted by Gasteiger charge is -2.23. The second kappa shape index (κ2) is 14.9. The zero-order chi connectivity index (χ0) is 40.9. The van der Waals surface area contributed by atoms with Gasteiger partial charge < -0.3 is 0 Å². The van der Waals surface area contributed by atoms with E-state index < -0.39 is 0 Å². The molecule has 1 heterocycles. The highest BCUT2D eigenvalue weighted by atomic mass is 14.7. The fourth-order valence-corrected chi connectivity index (χ4v) is 9.48. The van der Waals surface area contributed by atoms with E-state index >= 15 is 0 Å². The Morgan fingerprint density at radius 1 is 0.279 bits per heavy atom. The molecule has 1 heteroatoms. The molecule has 61 heavy (non-hydrogen) atoms. The molecule has 288 valence electrons. The number of aromatic nitrogens is 1. The molecule has 0 spiro atoms. The number of benzene rings is 9. The minimum atomic E-state index is -0.117. The smallest absolute Gasteiger partial charge is 0.0715 e. The van der Waals surface area contributed by atoms with Crippen molar-refractivity contribution in [1.29, 1.82) is 0 Å². The van der Waals surface area contributed by atoms with E-state index in [1.807, 2.05) is 0 Å². The highest BCUT2D eigenvalue weighted by Crippen LogP contribution is 2.52. The SMILES string of the molecule is CC1(C)c2ccccc2-c2cc(-c3cccc4ccccc34)c(-c3cccc(-c4cccc(-c5cc(-c6ccc(-c7ccccc7)cc6)cc(-c6ccccc6)n5)c4)c3)cc21. The number of hydrogen-bond acceptors (Lipinski definition) is 1. The molecule has 10 aromatic rings. The van der Waals surface area contributed by atoms with Crippen molar-refractivity contribution in [2.75, 3.05) is 0 Å². The van der Waals surface area contributed by atoms with Crippen LogP contribution in [0.15, 0.2) is 224 Å². The third-order valence-corrected chi connectivity index (χ3v) is 12.7. The maximum Gasteiger partial charge on any atom is 0.0715 e. The Kier molecular flexibility index (Phi) is 8.90. The second-order valence-corrected chi connectivity index (χ2v) is 16.7. The van der Waals surface area contributed by atoms with E-state index in [1.54, 1.807) is 0 Å². The van der Waals surface area contributed by atoms with E-state index in [1.165, 1.54) is 72.0 Å². The zero-order valence-corrected chi connectivity index (χ0v) is 34.3. The lowest BCUT2D eigenvalue weighted by atomic mass is 9.80. The minimum absolute atomic E-state index is 0.117. The second-order valence-electron chi connectivity index (χ2n) is 16.7. The van der Waals surface area contributed by atoms with Crippen LogP contribution in [0.1, 0.15) is 25.0 Å². The van der Waals surface area contributed by atoms with Crippen molar-refractivity contribution in [2.24, 2.45) is 0 Å². The van der Waals surface area contributed by atoms with Gasteiger partial charge in [0, 0.05) is 16.5 Å². The Hall–Kier alpha value is -7.61. The maximum atomic E-state index is 5.30. The monoisotopic (exact) mass is 777 g/mol. The third kappa shape index (κ3) is 6.56. The maximum absolute atomic E-state index is 5.30. The molecule has 0 fully saturated rings. The van der Waals surface area contributed by atoms with Crippen molar-refractivity contribution in [3.8, 4) is 89.3 Å². The first-order valence-electron chi connectivity index (χ1n) is 21.2. The summed E-state index contributed by atoms with van der Waals surface area (Å²) in [6.45, 7) is 4.74. The molecule has 0 amide bonds. The van der Waals surface area contributed by atoms with Crippen molar-refractivity contribution in [3.05, 3.63) is 236 Å². The zero-order valence-electron chi connectivity index (χ0n) is 34.3. The molecule has 0 aliphatic heterocycles. The molecule has 0 unspecified atom stereocenters. The van der Waals surface area contributed by atoms with E-state index in [0.29, 0.717) is 0 Å². The summed E-state index contributed by atoms with van der Waals surface area (Å²) in [6, 6.07) is 81.7. The van der Waals surface area contributed by atoms with Gasteiger partial charge in [-0.2, -0.15) is 0 Å². The average molecular weight is 778 g/mol. The van der Waals surface area contributed by atoms with Crippen LogP contribution in [-0.2, 0) is 5.41 Å². The molecule has 0 atom stereocenters. The van der Waals surface area contributed by atoms with Crippen LogP contribution in [0.3, 0.4) is 0 Å². The molecule has 11 rings (SSSR count). The summed E-state index contributed by atoms with van der Waals surface area (Å²) in [5.41, 5.74) is 21.3. The number of rotatable bonds is 7. The van der Waals surface area contributed by atoms with Crippen LogP contribution in [0.2, 0.25) is 0 Å². The normalized spacial score (nSPS) is 12.6. The van der Waals surface area contributed by atoms with Gasteiger partial charge in [0.15, 0.2) is 0 Å². The highest BCUT2D eigenvalue weighted by Gasteiger charge is 2.36. The van der Waals surface area contributed by atoms with Crippen molar-refractivity contribution >= 4 is 10.8 Å². The van der Waals surface area contributed by atoms with E-state index in [4.69, 9.17) is 4.98 Å². The van der Waals surface area contributed by atoms with Gasteiger partial charge in [-0.15, -0.1) is 0 Å². The third-order valence-electron chi connectivity index (χ3n) is 12.7. The summed E-state index contributed by atoms with van der Waals surface area (Å²) in [5, 5.41) is 2.51. The summed E-state index contributed by atoms with van der Waals surface area (Å²) in [4.78, 5) is 5.30. The summed E-state index contributed by atoms with van der Waals surface area (Å²) >= 11 is 0. The van der Waals surface area contributed by atoms with Crippen LogP contribution >= 0.6 is 0 Å². The Balaban J connectivity index is 1.03. The standard InChI is InChI=1S/C60H43N/c1-60(2)56-29-12-11-27-52(56)55-38-54(51-28-15-21-43-18-9-10-26-50(43)51)53(39-57(55)60)47-24-13-22-45(34-47)46-23-14-25-48(35-46)59-37-49(36-58(61-59)44-19-7-4-8-20-44)42-32-30-41(31-33-42)40-16-5-3-6-17-40/h3-39H,1-2H3. The van der Waals surface area contributed by atoms with E-state index in [0.717, 1.165) is 39.2 Å². The first-order chi connectivity index (χ1) is 30.0. The van der Waals surface area contributed by atoms with Gasteiger partial charge in [0.1, 0.15) is 0 Å². The number of hydrogen-bond donors (Lipinski definition) is 0. The van der Waals surface area contributed by atoms with Gasteiger partial charge in [0.2, 0.25) is 0 Å². The van der Waals surface area contributed by atoms with Crippen LogP contribution in [0.5, 0.6) is 0 Å². The van der Waals surface area contributed by atoms with Gasteiger partial charge in [0.05, 0.1) is 11.4 Å². The fourth-order valence-electron chi connectivity index (χ4n) is 9.48.